The van der Waals surface area contributed by atoms with E-state index in [2.05, 4.69) is 14.8 Å². The van der Waals surface area contributed by atoms with Gasteiger partial charge in [0.15, 0.2) is 5.82 Å². The molecule has 11 heteroatoms. The molecular formula is C36H41ClFN5O4. The number of phenols is 1. The summed E-state index contributed by atoms with van der Waals surface area (Å²) in [6.45, 7) is 7.92. The van der Waals surface area contributed by atoms with Crippen LogP contribution in [-0.4, -0.2) is 89.0 Å². The Kier molecular flexibility index (Phi) is 7.87. The molecule has 248 valence electrons. The number of fused-ring (bicyclic) bond motifs is 4. The summed E-state index contributed by atoms with van der Waals surface area (Å²) in [5.41, 5.74) is 0.143. The Balaban J connectivity index is 1.32. The van der Waals surface area contributed by atoms with E-state index in [4.69, 9.17) is 26.1 Å². The van der Waals surface area contributed by atoms with Gasteiger partial charge in [-0.2, -0.15) is 9.97 Å². The average Bonchev–Trinajstić information content (AvgIpc) is 3.69. The van der Waals surface area contributed by atoms with E-state index < -0.39 is 11.4 Å². The molecule has 7 rings (SSSR count). The lowest BCUT2D eigenvalue weighted by Gasteiger charge is -2.42. The molecule has 3 aliphatic rings. The molecule has 1 saturated carbocycles. The maximum Gasteiger partial charge on any atom is 0.410 e. The molecule has 0 radical (unpaired) electrons. The molecule has 2 atom stereocenters. The number of aromatic nitrogens is 2. The molecule has 1 amide bonds. The SMILES string of the molecule is CN(C)CC1(COc2nc(N3CC4CCC(C3)N4C(=O)OC(C)(C)C)c3cc(Cl)c(-c4cc(O)cc5ccccc45)c(F)c3n2)CC1. The fourth-order valence-corrected chi connectivity index (χ4v) is 7.61. The maximum absolute atomic E-state index is 16.9. The summed E-state index contributed by atoms with van der Waals surface area (Å²) in [6, 6.07) is 12.3. The highest BCUT2D eigenvalue weighted by Gasteiger charge is 2.46. The lowest BCUT2D eigenvalue weighted by Crippen LogP contribution is -2.57. The van der Waals surface area contributed by atoms with E-state index in [0.717, 1.165) is 43.0 Å². The van der Waals surface area contributed by atoms with Crippen molar-refractivity contribution >= 4 is 45.2 Å². The Morgan fingerprint density at radius 1 is 1.09 bits per heavy atom. The predicted octanol–water partition coefficient (Wildman–Crippen LogP) is 7.26. The van der Waals surface area contributed by atoms with Gasteiger partial charge in [0, 0.05) is 36.0 Å². The van der Waals surface area contributed by atoms with E-state index in [1.807, 2.05) is 64.0 Å². The molecule has 1 aliphatic carbocycles. The number of hydrogen-bond donors (Lipinski definition) is 1. The van der Waals surface area contributed by atoms with Gasteiger partial charge in [-0.15, -0.1) is 0 Å². The number of hydrogen-bond acceptors (Lipinski definition) is 8. The van der Waals surface area contributed by atoms with E-state index in [9.17, 15) is 9.90 Å². The van der Waals surface area contributed by atoms with E-state index >= 15 is 4.39 Å². The standard InChI is InChI=1S/C36H41ClFN5O4/c1-35(2,3)47-34(45)43-22-10-11-23(43)18-42(17-22)32-27-16-28(37)29(26-15-24(44)14-21-8-6-7-9-25(21)26)30(38)31(27)39-33(40-32)46-20-36(12-13-36)19-41(4)5/h6-9,14-16,22-23,44H,10-13,17-20H2,1-5H3. The summed E-state index contributed by atoms with van der Waals surface area (Å²) >= 11 is 6.92. The van der Waals surface area contributed by atoms with Crippen molar-refractivity contribution in [1.82, 2.24) is 19.8 Å². The number of benzene rings is 3. The molecule has 3 heterocycles. The van der Waals surface area contributed by atoms with Crippen LogP contribution in [0.25, 0.3) is 32.8 Å². The van der Waals surface area contributed by atoms with Crippen LogP contribution in [0.5, 0.6) is 11.8 Å². The van der Waals surface area contributed by atoms with Gasteiger partial charge in [0.25, 0.3) is 0 Å². The van der Waals surface area contributed by atoms with Crippen molar-refractivity contribution in [3.05, 3.63) is 53.3 Å². The number of ether oxygens (including phenoxy) is 2. The van der Waals surface area contributed by atoms with Crippen molar-refractivity contribution in [2.75, 3.05) is 45.2 Å². The van der Waals surface area contributed by atoms with E-state index in [0.29, 0.717) is 36.5 Å². The Hall–Kier alpha value is -3.89. The first-order chi connectivity index (χ1) is 22.3. The highest BCUT2D eigenvalue weighted by Crippen LogP contribution is 2.47. The number of nitrogens with zero attached hydrogens (tertiary/aromatic N) is 5. The molecule has 4 aromatic rings. The van der Waals surface area contributed by atoms with Crippen LogP contribution in [-0.2, 0) is 4.74 Å². The third-order valence-electron chi connectivity index (χ3n) is 9.46. The number of carbonyl (C=O) groups excluding carboxylic acids is 1. The molecule has 47 heavy (non-hydrogen) atoms. The van der Waals surface area contributed by atoms with Gasteiger partial charge in [0.2, 0.25) is 0 Å². The van der Waals surface area contributed by atoms with Gasteiger partial charge >= 0.3 is 12.1 Å². The Morgan fingerprint density at radius 2 is 1.79 bits per heavy atom. The summed E-state index contributed by atoms with van der Waals surface area (Å²) in [4.78, 5) is 28.8. The Labute approximate surface area is 279 Å². The zero-order valence-electron chi connectivity index (χ0n) is 27.5. The van der Waals surface area contributed by atoms with Gasteiger partial charge < -0.3 is 24.4 Å². The molecule has 2 bridgehead atoms. The number of halogens is 2. The largest absolute Gasteiger partial charge is 0.508 e. The van der Waals surface area contributed by atoms with E-state index in [1.54, 1.807) is 12.1 Å². The van der Waals surface area contributed by atoms with Crippen LogP contribution >= 0.6 is 11.6 Å². The lowest BCUT2D eigenvalue weighted by atomic mass is 9.96. The smallest absolute Gasteiger partial charge is 0.410 e. The van der Waals surface area contributed by atoms with Crippen LogP contribution < -0.4 is 9.64 Å². The van der Waals surface area contributed by atoms with Crippen molar-refractivity contribution < 1.29 is 23.8 Å². The first-order valence-corrected chi connectivity index (χ1v) is 16.6. The number of anilines is 1. The third-order valence-corrected chi connectivity index (χ3v) is 9.76. The van der Waals surface area contributed by atoms with Gasteiger partial charge in [-0.3, -0.25) is 4.90 Å². The summed E-state index contributed by atoms with van der Waals surface area (Å²) in [5.74, 6) is -0.0755. The van der Waals surface area contributed by atoms with Crippen molar-refractivity contribution in [3.63, 3.8) is 0 Å². The van der Waals surface area contributed by atoms with Crippen LogP contribution in [0, 0.1) is 11.2 Å². The van der Waals surface area contributed by atoms with Gasteiger partial charge in [-0.1, -0.05) is 35.9 Å². The lowest BCUT2D eigenvalue weighted by molar-refractivity contribution is 0.0122. The Bertz CT molecular complexity index is 1860. The maximum atomic E-state index is 16.9. The number of piperazine rings is 1. The van der Waals surface area contributed by atoms with Crippen molar-refractivity contribution in [1.29, 1.82) is 0 Å². The van der Waals surface area contributed by atoms with Crippen LogP contribution in [0.4, 0.5) is 15.0 Å². The van der Waals surface area contributed by atoms with Crippen LogP contribution in [0.2, 0.25) is 5.02 Å². The first kappa shape index (κ1) is 31.7. The minimum absolute atomic E-state index is 0.00983. The third kappa shape index (κ3) is 6.13. The molecule has 9 nitrogen and oxygen atoms in total. The van der Waals surface area contributed by atoms with Gasteiger partial charge in [-0.05, 0) is 95.1 Å². The van der Waals surface area contributed by atoms with Crippen molar-refractivity contribution in [3.8, 4) is 22.9 Å². The molecule has 2 unspecified atom stereocenters. The number of carbonyl (C=O) groups is 1. The van der Waals surface area contributed by atoms with Crippen LogP contribution in [0.1, 0.15) is 46.5 Å². The second-order valence-corrected chi connectivity index (χ2v) is 15.1. The zero-order chi connectivity index (χ0) is 33.2. The number of rotatable bonds is 7. The normalized spacial score (nSPS) is 20.3. The van der Waals surface area contributed by atoms with Crippen LogP contribution in [0.3, 0.4) is 0 Å². The monoisotopic (exact) mass is 661 g/mol. The van der Waals surface area contributed by atoms with Crippen molar-refractivity contribution in [2.45, 2.75) is 64.1 Å². The fourth-order valence-electron chi connectivity index (χ4n) is 7.32. The minimum atomic E-state index is -0.610. The van der Waals surface area contributed by atoms with E-state index in [-0.39, 0.29) is 51.5 Å². The summed E-state index contributed by atoms with van der Waals surface area (Å²) in [5, 5.41) is 12.7. The predicted molar refractivity (Wildman–Crippen MR) is 182 cm³/mol. The quantitative estimate of drug-likeness (QED) is 0.221. The minimum Gasteiger partial charge on any atom is -0.508 e. The molecule has 1 aromatic heterocycles. The number of aromatic hydroxyl groups is 1. The molecule has 2 aliphatic heterocycles. The second kappa shape index (κ2) is 11.7. The van der Waals surface area contributed by atoms with E-state index in [1.165, 1.54) is 6.07 Å². The molecular weight excluding hydrogens is 621 g/mol. The topological polar surface area (TPSA) is 91.3 Å². The van der Waals surface area contributed by atoms with Gasteiger partial charge in [0.05, 0.1) is 23.7 Å². The van der Waals surface area contributed by atoms with Crippen molar-refractivity contribution in [2.24, 2.45) is 5.41 Å². The number of phenolic OH excluding ortho intramolecular Hbond substituents is 1. The molecule has 0 spiro atoms. The van der Waals surface area contributed by atoms with Gasteiger partial charge in [0.1, 0.15) is 22.7 Å². The Morgan fingerprint density at radius 3 is 2.45 bits per heavy atom. The first-order valence-electron chi connectivity index (χ1n) is 16.3. The highest BCUT2D eigenvalue weighted by molar-refractivity contribution is 6.35. The molecule has 1 N–H and O–H groups in total. The second-order valence-electron chi connectivity index (χ2n) is 14.7. The average molecular weight is 662 g/mol. The highest BCUT2D eigenvalue weighted by atomic mass is 35.5. The molecule has 2 saturated heterocycles. The summed E-state index contributed by atoms with van der Waals surface area (Å²) in [7, 11) is 4.09. The zero-order valence-corrected chi connectivity index (χ0v) is 28.3. The summed E-state index contributed by atoms with van der Waals surface area (Å²) < 4.78 is 29.0. The number of amides is 1. The summed E-state index contributed by atoms with van der Waals surface area (Å²) in [6.07, 6.45) is 3.45. The molecule has 3 aromatic carbocycles. The molecule has 3 fully saturated rings. The van der Waals surface area contributed by atoms with Crippen LogP contribution in [0.15, 0.2) is 42.5 Å². The van der Waals surface area contributed by atoms with Gasteiger partial charge in [-0.25, -0.2) is 9.18 Å². The fraction of sp³-hybridized carbons (Fsp3) is 0.472.